The fourth-order valence-corrected chi connectivity index (χ4v) is 2.31. The van der Waals surface area contributed by atoms with Gasteiger partial charge in [0.25, 0.3) is 0 Å². The van der Waals surface area contributed by atoms with Crippen LogP contribution in [0.5, 0.6) is 5.75 Å². The molecule has 1 aromatic rings. The lowest BCUT2D eigenvalue weighted by molar-refractivity contribution is 0.107. The van der Waals surface area contributed by atoms with Gasteiger partial charge in [-0.2, -0.15) is 0 Å². The highest BCUT2D eigenvalue weighted by molar-refractivity contribution is 5.26. The highest BCUT2D eigenvalue weighted by Crippen LogP contribution is 2.13. The first-order chi connectivity index (χ1) is 8.78. The zero-order chi connectivity index (χ0) is 12.8. The molecule has 0 amide bonds. The van der Waals surface area contributed by atoms with Crippen molar-refractivity contribution in [2.75, 3.05) is 33.4 Å². The lowest BCUT2D eigenvalue weighted by Gasteiger charge is -2.15. The van der Waals surface area contributed by atoms with Gasteiger partial charge in [-0.25, -0.2) is 0 Å². The molecule has 1 aliphatic heterocycles. The van der Waals surface area contributed by atoms with Crippen molar-refractivity contribution in [2.24, 2.45) is 0 Å². The van der Waals surface area contributed by atoms with E-state index in [9.17, 15) is 0 Å². The van der Waals surface area contributed by atoms with E-state index >= 15 is 0 Å². The van der Waals surface area contributed by atoms with E-state index in [0.717, 1.165) is 44.8 Å². The Morgan fingerprint density at radius 3 is 2.72 bits per heavy atom. The van der Waals surface area contributed by atoms with Crippen molar-refractivity contribution < 1.29 is 9.47 Å². The fraction of sp³-hybridized carbons (Fsp3) is 0.600. The highest BCUT2D eigenvalue weighted by atomic mass is 16.5. The van der Waals surface area contributed by atoms with Gasteiger partial charge in [0, 0.05) is 26.7 Å². The Balaban J connectivity index is 1.60. The molecular formula is C15H23NO2. The minimum atomic E-state index is 0.433. The normalized spacial score (nSPS) is 20.2. The van der Waals surface area contributed by atoms with Crippen LogP contribution in [0.25, 0.3) is 0 Å². The summed E-state index contributed by atoms with van der Waals surface area (Å²) in [5, 5.41) is 0. The Kier molecular flexibility index (Phi) is 5.02. The molecule has 0 saturated carbocycles. The summed E-state index contributed by atoms with van der Waals surface area (Å²) in [5.41, 5.74) is 1.27. The largest absolute Gasteiger partial charge is 0.494 e. The molecule has 0 bridgehead atoms. The Bertz CT molecular complexity index is 350. The van der Waals surface area contributed by atoms with Crippen molar-refractivity contribution in [3.05, 3.63) is 29.8 Å². The Hall–Kier alpha value is -1.06. The van der Waals surface area contributed by atoms with E-state index in [1.165, 1.54) is 5.56 Å². The van der Waals surface area contributed by atoms with Crippen LogP contribution in [0.2, 0.25) is 0 Å². The minimum absolute atomic E-state index is 0.433. The molecule has 1 atom stereocenters. The number of methoxy groups -OCH3 is 1. The monoisotopic (exact) mass is 249 g/mol. The van der Waals surface area contributed by atoms with Gasteiger partial charge in [0.05, 0.1) is 12.7 Å². The van der Waals surface area contributed by atoms with Gasteiger partial charge >= 0.3 is 0 Å². The summed E-state index contributed by atoms with van der Waals surface area (Å²) >= 11 is 0. The summed E-state index contributed by atoms with van der Waals surface area (Å²) in [5.74, 6) is 0.969. The van der Waals surface area contributed by atoms with Crippen molar-refractivity contribution in [2.45, 2.75) is 25.9 Å². The summed E-state index contributed by atoms with van der Waals surface area (Å²) in [6.45, 7) is 6.20. The molecule has 2 rings (SSSR count). The molecule has 0 radical (unpaired) electrons. The van der Waals surface area contributed by atoms with Gasteiger partial charge in [-0.3, -0.25) is 0 Å². The van der Waals surface area contributed by atoms with Crippen LogP contribution in [-0.2, 0) is 4.74 Å². The maximum absolute atomic E-state index is 5.72. The summed E-state index contributed by atoms with van der Waals surface area (Å²) in [4.78, 5) is 2.45. The number of hydrogen-bond acceptors (Lipinski definition) is 3. The number of benzene rings is 1. The van der Waals surface area contributed by atoms with Crippen LogP contribution < -0.4 is 4.74 Å². The molecule has 0 N–H and O–H groups in total. The predicted octanol–water partition coefficient (Wildman–Crippen LogP) is 2.48. The van der Waals surface area contributed by atoms with Crippen molar-refractivity contribution >= 4 is 0 Å². The van der Waals surface area contributed by atoms with Gasteiger partial charge in [-0.15, -0.1) is 0 Å². The predicted molar refractivity (Wildman–Crippen MR) is 73.1 cm³/mol. The lowest BCUT2D eigenvalue weighted by Crippen LogP contribution is -2.25. The second-order valence-corrected chi connectivity index (χ2v) is 4.96. The van der Waals surface area contributed by atoms with Crippen LogP contribution in [0.3, 0.4) is 0 Å². The molecule has 1 unspecified atom stereocenters. The molecule has 0 spiro atoms. The van der Waals surface area contributed by atoms with Crippen molar-refractivity contribution in [1.29, 1.82) is 0 Å². The van der Waals surface area contributed by atoms with E-state index in [4.69, 9.17) is 9.47 Å². The molecule has 1 saturated heterocycles. The molecule has 3 nitrogen and oxygen atoms in total. The van der Waals surface area contributed by atoms with E-state index in [0.29, 0.717) is 6.10 Å². The third-order valence-electron chi connectivity index (χ3n) is 3.47. The van der Waals surface area contributed by atoms with E-state index in [1.807, 2.05) is 12.1 Å². The van der Waals surface area contributed by atoms with Crippen LogP contribution in [0, 0.1) is 6.92 Å². The van der Waals surface area contributed by atoms with E-state index in [2.05, 4.69) is 24.0 Å². The number of likely N-dealkylation sites (tertiary alicyclic amines) is 1. The van der Waals surface area contributed by atoms with E-state index < -0.39 is 0 Å². The maximum Gasteiger partial charge on any atom is 0.119 e. The zero-order valence-electron chi connectivity index (χ0n) is 11.4. The van der Waals surface area contributed by atoms with Gasteiger partial charge in [0.15, 0.2) is 0 Å². The summed E-state index contributed by atoms with van der Waals surface area (Å²) < 4.78 is 11.1. The van der Waals surface area contributed by atoms with Crippen LogP contribution in [0.15, 0.2) is 24.3 Å². The molecule has 0 aromatic heterocycles. The quantitative estimate of drug-likeness (QED) is 0.723. The molecule has 100 valence electrons. The van der Waals surface area contributed by atoms with Gasteiger partial charge in [0.1, 0.15) is 5.75 Å². The lowest BCUT2D eigenvalue weighted by atomic mass is 10.2. The zero-order valence-corrected chi connectivity index (χ0v) is 11.4. The molecular weight excluding hydrogens is 226 g/mol. The first-order valence-electron chi connectivity index (χ1n) is 6.72. The average molecular weight is 249 g/mol. The number of nitrogens with zero attached hydrogens (tertiary/aromatic N) is 1. The fourth-order valence-electron chi connectivity index (χ4n) is 2.31. The second-order valence-electron chi connectivity index (χ2n) is 4.96. The van der Waals surface area contributed by atoms with Gasteiger partial charge in [0.2, 0.25) is 0 Å². The standard InChI is InChI=1S/C15H23NO2/c1-13-4-6-14(7-5-13)18-11-3-9-16-10-8-15(12-16)17-2/h4-7,15H,3,8-12H2,1-2H3. The summed E-state index contributed by atoms with van der Waals surface area (Å²) in [7, 11) is 1.80. The maximum atomic E-state index is 5.72. The van der Waals surface area contributed by atoms with Crippen LogP contribution in [-0.4, -0.2) is 44.4 Å². The molecule has 3 heteroatoms. The molecule has 1 aliphatic rings. The number of ether oxygens (including phenoxy) is 2. The van der Waals surface area contributed by atoms with Gasteiger partial charge in [-0.1, -0.05) is 17.7 Å². The van der Waals surface area contributed by atoms with Crippen molar-refractivity contribution in [1.82, 2.24) is 4.90 Å². The first-order valence-corrected chi connectivity index (χ1v) is 6.72. The number of hydrogen-bond donors (Lipinski definition) is 0. The van der Waals surface area contributed by atoms with Gasteiger partial charge in [-0.05, 0) is 31.9 Å². The average Bonchev–Trinajstić information content (AvgIpc) is 2.85. The van der Waals surface area contributed by atoms with Gasteiger partial charge < -0.3 is 14.4 Å². The van der Waals surface area contributed by atoms with E-state index in [-0.39, 0.29) is 0 Å². The van der Waals surface area contributed by atoms with Crippen molar-refractivity contribution in [3.8, 4) is 5.75 Å². The van der Waals surface area contributed by atoms with E-state index in [1.54, 1.807) is 7.11 Å². The summed E-state index contributed by atoms with van der Waals surface area (Å²) in [6, 6.07) is 8.23. The number of rotatable bonds is 6. The van der Waals surface area contributed by atoms with Crippen LogP contribution >= 0.6 is 0 Å². The third kappa shape index (κ3) is 4.00. The van der Waals surface area contributed by atoms with Crippen LogP contribution in [0.4, 0.5) is 0 Å². The topological polar surface area (TPSA) is 21.7 Å². The molecule has 1 aromatic carbocycles. The molecule has 18 heavy (non-hydrogen) atoms. The summed E-state index contributed by atoms with van der Waals surface area (Å²) in [6.07, 6.45) is 2.67. The SMILES string of the molecule is COC1CCN(CCCOc2ccc(C)cc2)C1. The third-order valence-corrected chi connectivity index (χ3v) is 3.47. The minimum Gasteiger partial charge on any atom is -0.494 e. The second kappa shape index (κ2) is 6.76. The molecule has 0 aliphatic carbocycles. The van der Waals surface area contributed by atoms with Crippen molar-refractivity contribution in [3.63, 3.8) is 0 Å². The Morgan fingerprint density at radius 2 is 2.06 bits per heavy atom. The first kappa shape index (κ1) is 13.4. The smallest absolute Gasteiger partial charge is 0.119 e. The number of aryl methyl sites for hydroxylation is 1. The molecule has 1 heterocycles. The highest BCUT2D eigenvalue weighted by Gasteiger charge is 2.20. The Morgan fingerprint density at radius 1 is 1.28 bits per heavy atom. The Labute approximate surface area is 110 Å². The molecule has 1 fully saturated rings. The van der Waals surface area contributed by atoms with Crippen LogP contribution in [0.1, 0.15) is 18.4 Å².